The molecule has 1 atom stereocenters. The van der Waals surface area contributed by atoms with Crippen molar-refractivity contribution in [2.24, 2.45) is 15.0 Å². The van der Waals surface area contributed by atoms with Gasteiger partial charge in [-0.1, -0.05) is 60.7 Å². The Hall–Kier alpha value is -7.99. The highest BCUT2D eigenvalue weighted by molar-refractivity contribution is 6.25. The third kappa shape index (κ3) is 5.69. The molecule has 1 unspecified atom stereocenters. The number of nitrogens with one attached hydrogen (secondary N) is 5. The van der Waals surface area contributed by atoms with Crippen LogP contribution in [0.5, 0.6) is 0 Å². The summed E-state index contributed by atoms with van der Waals surface area (Å²) in [5, 5.41) is 14.9. The fourth-order valence-corrected chi connectivity index (χ4v) is 7.29. The Morgan fingerprint density at radius 3 is 1.52 bits per heavy atom. The maximum atomic E-state index is 13.2. The molecule has 4 aliphatic rings. The Labute approximate surface area is 319 Å². The van der Waals surface area contributed by atoms with E-state index in [2.05, 4.69) is 36.6 Å². The number of carbonyl (C=O) groups excluding carboxylic acids is 4. The molecule has 0 radical (unpaired) electrons. The smallest absolute Gasteiger partial charge is 0.257 e. The normalized spacial score (nSPS) is 18.3. The van der Waals surface area contributed by atoms with Gasteiger partial charge in [0.15, 0.2) is 0 Å². The molecule has 0 spiro atoms. The summed E-state index contributed by atoms with van der Waals surface area (Å²) < 4.78 is 0. The van der Waals surface area contributed by atoms with Gasteiger partial charge in [-0.2, -0.15) is 0 Å². The van der Waals surface area contributed by atoms with Crippen LogP contribution in [-0.4, -0.2) is 41.1 Å². The van der Waals surface area contributed by atoms with Crippen molar-refractivity contribution in [1.29, 1.82) is 0 Å². The van der Waals surface area contributed by atoms with E-state index in [1.165, 1.54) is 0 Å². The Bertz CT molecular complexity index is 2820. The van der Waals surface area contributed by atoms with Gasteiger partial charge < -0.3 is 26.6 Å². The topological polar surface area (TPSA) is 166 Å². The van der Waals surface area contributed by atoms with Gasteiger partial charge >= 0.3 is 0 Å². The molecular formula is C44H28N8O4. The van der Waals surface area contributed by atoms with E-state index in [1.54, 1.807) is 36.4 Å². The zero-order valence-electron chi connectivity index (χ0n) is 29.3. The lowest BCUT2D eigenvalue weighted by Crippen LogP contribution is -2.25. The first-order chi connectivity index (χ1) is 27.3. The van der Waals surface area contributed by atoms with Gasteiger partial charge in [-0.15, -0.1) is 0 Å². The highest BCUT2D eigenvalue weighted by Crippen LogP contribution is 2.34. The summed E-state index contributed by atoms with van der Waals surface area (Å²) in [6.45, 7) is 0. The zero-order chi connectivity index (χ0) is 37.9. The van der Waals surface area contributed by atoms with Crippen molar-refractivity contribution in [3.05, 3.63) is 178 Å². The average Bonchev–Trinajstić information content (AvgIpc) is 3.92. The lowest BCUT2D eigenvalue weighted by molar-refractivity contribution is 0.0954. The summed E-state index contributed by atoms with van der Waals surface area (Å²) in [7, 11) is 0. The number of fused-ring (bicyclic) bond motifs is 4. The second-order valence-corrected chi connectivity index (χ2v) is 13.5. The van der Waals surface area contributed by atoms with E-state index in [-0.39, 0.29) is 23.6 Å². The summed E-state index contributed by atoms with van der Waals surface area (Å²) in [6, 6.07) is 40.5. The first kappa shape index (κ1) is 32.6. The van der Waals surface area contributed by atoms with E-state index in [0.717, 1.165) is 33.5 Å². The number of nitrogens with zero attached hydrogens (tertiary/aromatic N) is 3. The van der Waals surface area contributed by atoms with Crippen molar-refractivity contribution in [2.75, 3.05) is 5.32 Å². The van der Waals surface area contributed by atoms with E-state index in [0.29, 0.717) is 62.4 Å². The number of rotatable bonds is 6. The molecular weight excluding hydrogens is 705 g/mol. The van der Waals surface area contributed by atoms with Crippen LogP contribution in [-0.2, 0) is 0 Å². The summed E-state index contributed by atoms with van der Waals surface area (Å²) in [6.07, 6.45) is -0.479. The first-order valence-corrected chi connectivity index (χ1v) is 17.8. The predicted octanol–water partition coefficient (Wildman–Crippen LogP) is 6.67. The highest BCUT2D eigenvalue weighted by atomic mass is 16.2. The minimum Gasteiger partial charge on any atom is -0.361 e. The van der Waals surface area contributed by atoms with E-state index in [9.17, 15) is 19.2 Å². The lowest BCUT2D eigenvalue weighted by atomic mass is 9.96. The van der Waals surface area contributed by atoms with Crippen LogP contribution in [0.4, 0.5) is 22.7 Å². The van der Waals surface area contributed by atoms with Gasteiger partial charge in [0.05, 0.1) is 33.8 Å². The molecule has 6 aromatic rings. The monoisotopic (exact) mass is 732 g/mol. The van der Waals surface area contributed by atoms with Gasteiger partial charge in [0.1, 0.15) is 23.7 Å². The second-order valence-electron chi connectivity index (χ2n) is 13.5. The summed E-state index contributed by atoms with van der Waals surface area (Å²) in [5.74, 6) is 0.568. The largest absolute Gasteiger partial charge is 0.361 e. The molecule has 0 saturated carbocycles. The van der Waals surface area contributed by atoms with Crippen LogP contribution in [0.3, 0.4) is 0 Å². The van der Waals surface area contributed by atoms with Crippen LogP contribution < -0.4 is 26.6 Å². The van der Waals surface area contributed by atoms with Crippen molar-refractivity contribution in [3.8, 4) is 11.1 Å². The van der Waals surface area contributed by atoms with Crippen LogP contribution in [0.25, 0.3) is 11.1 Å². The molecule has 4 amide bonds. The van der Waals surface area contributed by atoms with Crippen LogP contribution in [0.2, 0.25) is 0 Å². The molecule has 5 N–H and O–H groups in total. The lowest BCUT2D eigenvalue weighted by Gasteiger charge is -2.16. The van der Waals surface area contributed by atoms with Crippen LogP contribution >= 0.6 is 0 Å². The van der Waals surface area contributed by atoms with E-state index in [4.69, 9.17) is 4.99 Å². The molecule has 12 heteroatoms. The quantitative estimate of drug-likeness (QED) is 0.129. The number of carbonyl (C=O) groups is 4. The maximum Gasteiger partial charge on any atom is 0.257 e. The Morgan fingerprint density at radius 1 is 0.411 bits per heavy atom. The minimum atomic E-state index is -0.479. The fraction of sp³-hybridized carbons (Fsp3) is 0.0227. The van der Waals surface area contributed by atoms with E-state index in [1.807, 2.05) is 97.1 Å². The van der Waals surface area contributed by atoms with Gasteiger partial charge in [-0.05, 0) is 83.9 Å². The van der Waals surface area contributed by atoms with Crippen molar-refractivity contribution in [3.63, 3.8) is 0 Å². The van der Waals surface area contributed by atoms with Crippen molar-refractivity contribution in [1.82, 2.24) is 21.3 Å². The van der Waals surface area contributed by atoms with Crippen molar-refractivity contribution >= 4 is 63.9 Å². The highest BCUT2D eigenvalue weighted by Gasteiger charge is 2.31. The predicted molar refractivity (Wildman–Crippen MR) is 212 cm³/mol. The number of aliphatic imine (C=N–C) groups is 3. The second kappa shape index (κ2) is 12.8. The fourth-order valence-electron chi connectivity index (χ4n) is 7.29. The molecule has 0 bridgehead atoms. The number of benzene rings is 6. The molecule has 12 nitrogen and oxygen atoms in total. The van der Waals surface area contributed by atoms with Crippen LogP contribution in [0.1, 0.15) is 69.9 Å². The molecule has 10 rings (SSSR count). The summed E-state index contributed by atoms with van der Waals surface area (Å²) in [5.41, 5.74) is 9.37. The third-order valence-electron chi connectivity index (χ3n) is 10.0. The maximum absolute atomic E-state index is 13.2. The number of amides is 4. The number of amidine groups is 3. The van der Waals surface area contributed by atoms with E-state index < -0.39 is 6.17 Å². The van der Waals surface area contributed by atoms with Crippen molar-refractivity contribution in [2.45, 2.75) is 6.17 Å². The molecule has 6 aromatic carbocycles. The number of hydrogen-bond acceptors (Lipinski definition) is 8. The first-order valence-electron chi connectivity index (χ1n) is 17.8. The van der Waals surface area contributed by atoms with Gasteiger partial charge in [-0.25, -0.2) is 15.0 Å². The number of anilines is 1. The Morgan fingerprint density at radius 2 is 0.911 bits per heavy atom. The molecule has 56 heavy (non-hydrogen) atoms. The van der Waals surface area contributed by atoms with Gasteiger partial charge in [0.2, 0.25) is 0 Å². The van der Waals surface area contributed by atoms with Crippen LogP contribution in [0, 0.1) is 0 Å². The molecule has 0 aliphatic carbocycles. The zero-order valence-corrected chi connectivity index (χ0v) is 29.3. The molecule has 0 fully saturated rings. The Balaban J connectivity index is 0.858. The third-order valence-corrected chi connectivity index (χ3v) is 10.0. The summed E-state index contributed by atoms with van der Waals surface area (Å²) in [4.78, 5) is 64.9. The standard InChI is InChI=1S/C44H28N8O4/c53-41-33-10-3-1-8-29(33)37(49-41)45-25-14-16-26(17-15-25)46-39-31-18-12-23(20-35(31)43(55)51-39)24-13-19-32-36(21-24)44(56)52-40(32)48-28-7-5-6-27(22-28)47-38-30-9-2-4-11-34(30)42(54)50-38/h1-22,40,48H,(H,52,56)(H,45,49,53)(H,46,51,55)(H,47,50,54). The minimum absolute atomic E-state index is 0.180. The average molecular weight is 733 g/mol. The SMILES string of the molecule is O=C1NC(=Nc2ccc(N=C3NC(=O)c4cc(-c5ccc6c(c5)C(=O)NC6Nc5cccc(N=C6NC(=O)c7ccccc76)c5)ccc43)cc2)c2ccccc21. The number of hydrogen-bond donors (Lipinski definition) is 5. The van der Waals surface area contributed by atoms with Gasteiger partial charge in [0, 0.05) is 33.5 Å². The van der Waals surface area contributed by atoms with E-state index >= 15 is 0 Å². The van der Waals surface area contributed by atoms with Crippen molar-refractivity contribution < 1.29 is 19.2 Å². The molecule has 268 valence electrons. The molecule has 4 heterocycles. The van der Waals surface area contributed by atoms with Gasteiger partial charge in [0.25, 0.3) is 23.6 Å². The molecule has 0 aromatic heterocycles. The Kier molecular flexibility index (Phi) is 7.49. The summed E-state index contributed by atoms with van der Waals surface area (Å²) >= 11 is 0. The molecule has 4 aliphatic heterocycles. The van der Waals surface area contributed by atoms with Crippen LogP contribution in [0.15, 0.2) is 148 Å². The van der Waals surface area contributed by atoms with Gasteiger partial charge in [-0.3, -0.25) is 19.2 Å². The molecule has 0 saturated heterocycles.